The first-order valence-electron chi connectivity index (χ1n) is 6.95. The maximum Gasteiger partial charge on any atom is 0.323 e. The summed E-state index contributed by atoms with van der Waals surface area (Å²) in [5.74, 6) is 0.344. The Morgan fingerprint density at radius 2 is 2.00 bits per heavy atom. The van der Waals surface area contributed by atoms with E-state index in [1.165, 1.54) is 0 Å². The molecule has 0 aliphatic rings. The predicted octanol–water partition coefficient (Wildman–Crippen LogP) is 2.53. The van der Waals surface area contributed by atoms with Crippen molar-refractivity contribution in [2.75, 3.05) is 5.32 Å². The fourth-order valence-corrected chi connectivity index (χ4v) is 2.36. The van der Waals surface area contributed by atoms with Crippen LogP contribution in [0.5, 0.6) is 0 Å². The van der Waals surface area contributed by atoms with Gasteiger partial charge in [0.15, 0.2) is 5.76 Å². The highest BCUT2D eigenvalue weighted by atomic mass is 16.5. The van der Waals surface area contributed by atoms with Crippen LogP contribution in [0.4, 0.5) is 5.69 Å². The highest BCUT2D eigenvalue weighted by molar-refractivity contribution is 6.06. The van der Waals surface area contributed by atoms with Gasteiger partial charge in [0.2, 0.25) is 0 Å². The molecule has 0 saturated carbocycles. The molecule has 0 saturated heterocycles. The van der Waals surface area contributed by atoms with Gasteiger partial charge in [0.05, 0.1) is 16.7 Å². The van der Waals surface area contributed by atoms with Gasteiger partial charge >= 0.3 is 5.69 Å². The molecular weight excluding hydrogens is 284 g/mol. The van der Waals surface area contributed by atoms with Crippen LogP contribution in [-0.4, -0.2) is 21.0 Å². The lowest BCUT2D eigenvalue weighted by Gasteiger charge is -2.07. The van der Waals surface area contributed by atoms with E-state index in [1.807, 2.05) is 13.8 Å². The Kier molecular flexibility index (Phi) is 3.32. The van der Waals surface area contributed by atoms with E-state index in [1.54, 1.807) is 25.1 Å². The van der Waals surface area contributed by atoms with Gasteiger partial charge in [-0.2, -0.15) is 0 Å². The van der Waals surface area contributed by atoms with Crippen molar-refractivity contribution < 1.29 is 9.32 Å². The first-order chi connectivity index (χ1) is 10.5. The second-order valence-corrected chi connectivity index (χ2v) is 5.46. The van der Waals surface area contributed by atoms with Crippen molar-refractivity contribution >= 4 is 22.6 Å². The van der Waals surface area contributed by atoms with Crippen molar-refractivity contribution in [3.8, 4) is 0 Å². The van der Waals surface area contributed by atoms with Gasteiger partial charge in [-0.05, 0) is 25.1 Å². The van der Waals surface area contributed by atoms with Crippen molar-refractivity contribution in [2.24, 2.45) is 0 Å². The summed E-state index contributed by atoms with van der Waals surface area (Å²) in [4.78, 5) is 29.0. The molecule has 0 radical (unpaired) electrons. The maximum absolute atomic E-state index is 12.5. The molecule has 0 aliphatic heterocycles. The van der Waals surface area contributed by atoms with Crippen molar-refractivity contribution in [1.82, 2.24) is 15.1 Å². The molecule has 3 N–H and O–H groups in total. The molecule has 1 aromatic carbocycles. The molecule has 0 bridgehead atoms. The number of amides is 1. The van der Waals surface area contributed by atoms with Gasteiger partial charge in [0, 0.05) is 11.6 Å². The standard InChI is InChI=1S/C15H16N4O3/c1-7(2)13-12(8(3)19-22-13)14(20)16-9-4-5-10-11(6-9)18-15(21)17-10/h4-7H,1-3H3,(H,16,20)(H2,17,18,21). The second-order valence-electron chi connectivity index (χ2n) is 5.46. The number of fused-ring (bicyclic) bond motifs is 1. The minimum absolute atomic E-state index is 0.0606. The van der Waals surface area contributed by atoms with Crippen molar-refractivity contribution in [2.45, 2.75) is 26.7 Å². The minimum Gasteiger partial charge on any atom is -0.360 e. The summed E-state index contributed by atoms with van der Waals surface area (Å²) in [7, 11) is 0. The van der Waals surface area contributed by atoms with E-state index >= 15 is 0 Å². The smallest absolute Gasteiger partial charge is 0.323 e. The van der Waals surface area contributed by atoms with Crippen LogP contribution in [0, 0.1) is 6.92 Å². The number of hydrogen-bond acceptors (Lipinski definition) is 4. The number of carbonyl (C=O) groups is 1. The van der Waals surface area contributed by atoms with Crippen LogP contribution in [0.15, 0.2) is 27.5 Å². The third-order valence-electron chi connectivity index (χ3n) is 3.41. The second kappa shape index (κ2) is 5.18. The lowest BCUT2D eigenvalue weighted by atomic mass is 10.0. The molecule has 22 heavy (non-hydrogen) atoms. The fourth-order valence-electron chi connectivity index (χ4n) is 2.36. The summed E-state index contributed by atoms with van der Waals surface area (Å²) in [5, 5.41) is 6.67. The molecule has 2 aromatic heterocycles. The van der Waals surface area contributed by atoms with Crippen molar-refractivity contribution in [3.05, 3.63) is 45.7 Å². The summed E-state index contributed by atoms with van der Waals surface area (Å²) >= 11 is 0. The summed E-state index contributed by atoms with van der Waals surface area (Å²) in [6.45, 7) is 5.61. The van der Waals surface area contributed by atoms with Gasteiger partial charge in [-0.3, -0.25) is 4.79 Å². The number of H-pyrrole nitrogens is 2. The Bertz CT molecular complexity index is 901. The molecule has 3 aromatic rings. The van der Waals surface area contributed by atoms with Gasteiger partial charge in [-0.1, -0.05) is 19.0 Å². The lowest BCUT2D eigenvalue weighted by Crippen LogP contribution is -2.14. The van der Waals surface area contributed by atoms with Gasteiger partial charge in [0.1, 0.15) is 5.56 Å². The maximum atomic E-state index is 12.5. The molecule has 0 aliphatic carbocycles. The Morgan fingerprint density at radius 1 is 1.27 bits per heavy atom. The SMILES string of the molecule is Cc1noc(C(C)C)c1C(=O)Nc1ccc2[nH]c(=O)[nH]c2c1. The molecule has 3 rings (SSSR count). The predicted molar refractivity (Wildman–Crippen MR) is 82.2 cm³/mol. The number of hydrogen-bond donors (Lipinski definition) is 3. The molecule has 7 heteroatoms. The number of aromatic amines is 2. The number of nitrogens with one attached hydrogen (secondary N) is 3. The number of rotatable bonds is 3. The van der Waals surface area contributed by atoms with Crippen LogP contribution in [0.2, 0.25) is 0 Å². The van der Waals surface area contributed by atoms with Gasteiger partial charge in [0.25, 0.3) is 5.91 Å². The van der Waals surface area contributed by atoms with Crippen LogP contribution < -0.4 is 11.0 Å². The van der Waals surface area contributed by atoms with Crippen LogP contribution >= 0.6 is 0 Å². The highest BCUT2D eigenvalue weighted by Crippen LogP contribution is 2.24. The zero-order valence-electron chi connectivity index (χ0n) is 12.5. The van der Waals surface area contributed by atoms with Crippen LogP contribution in [-0.2, 0) is 0 Å². The zero-order valence-corrected chi connectivity index (χ0v) is 12.5. The zero-order chi connectivity index (χ0) is 15.9. The molecule has 1 amide bonds. The van der Waals surface area contributed by atoms with Gasteiger partial charge < -0.3 is 19.8 Å². The third-order valence-corrected chi connectivity index (χ3v) is 3.41. The number of aromatic nitrogens is 3. The average molecular weight is 300 g/mol. The van der Waals surface area contributed by atoms with Crippen molar-refractivity contribution in [3.63, 3.8) is 0 Å². The van der Waals surface area contributed by atoms with Crippen molar-refractivity contribution in [1.29, 1.82) is 0 Å². The molecular formula is C15H16N4O3. The van der Waals surface area contributed by atoms with Crippen LogP contribution in [0.1, 0.15) is 41.6 Å². The van der Waals surface area contributed by atoms with E-state index in [0.717, 1.165) is 0 Å². The molecule has 114 valence electrons. The Morgan fingerprint density at radius 3 is 2.73 bits per heavy atom. The number of imidazole rings is 1. The van der Waals surface area contributed by atoms with E-state index in [0.29, 0.717) is 33.7 Å². The molecule has 0 unspecified atom stereocenters. The summed E-state index contributed by atoms with van der Waals surface area (Å²) in [6, 6.07) is 5.15. The monoisotopic (exact) mass is 300 g/mol. The number of carbonyl (C=O) groups excluding carboxylic acids is 1. The van der Waals surface area contributed by atoms with E-state index in [9.17, 15) is 9.59 Å². The molecule has 0 atom stereocenters. The first-order valence-corrected chi connectivity index (χ1v) is 6.95. The van der Waals surface area contributed by atoms with E-state index < -0.39 is 0 Å². The Hall–Kier alpha value is -2.83. The first kappa shape index (κ1) is 14.1. The number of nitrogens with zero attached hydrogens (tertiary/aromatic N) is 1. The normalized spacial score (nSPS) is 11.3. The van der Waals surface area contributed by atoms with E-state index in [2.05, 4.69) is 20.4 Å². The van der Waals surface area contributed by atoms with Crippen LogP contribution in [0.25, 0.3) is 11.0 Å². The largest absolute Gasteiger partial charge is 0.360 e. The van der Waals surface area contributed by atoms with E-state index in [4.69, 9.17) is 4.52 Å². The average Bonchev–Trinajstić information content (AvgIpc) is 3.00. The summed E-state index contributed by atoms with van der Waals surface area (Å²) in [6.07, 6.45) is 0. The Labute approximate surface area is 125 Å². The number of benzene rings is 1. The number of anilines is 1. The summed E-state index contributed by atoms with van der Waals surface area (Å²) in [5.41, 5.74) is 2.63. The summed E-state index contributed by atoms with van der Waals surface area (Å²) < 4.78 is 5.23. The third kappa shape index (κ3) is 2.41. The lowest BCUT2D eigenvalue weighted by molar-refractivity contribution is 0.102. The highest BCUT2D eigenvalue weighted by Gasteiger charge is 2.22. The quantitative estimate of drug-likeness (QED) is 0.691. The fraction of sp³-hybridized carbons (Fsp3) is 0.267. The number of aryl methyl sites for hydroxylation is 1. The molecule has 7 nitrogen and oxygen atoms in total. The minimum atomic E-state index is -0.282. The molecule has 0 spiro atoms. The van der Waals surface area contributed by atoms with Gasteiger partial charge in [-0.15, -0.1) is 0 Å². The topological polar surface area (TPSA) is 104 Å². The van der Waals surface area contributed by atoms with Crippen LogP contribution in [0.3, 0.4) is 0 Å². The molecule has 2 heterocycles. The molecule has 0 fully saturated rings. The van der Waals surface area contributed by atoms with Gasteiger partial charge in [-0.25, -0.2) is 4.79 Å². The van der Waals surface area contributed by atoms with E-state index in [-0.39, 0.29) is 17.5 Å². The Balaban J connectivity index is 1.92.